The largest absolute Gasteiger partial charge is 0.506 e. The van der Waals surface area contributed by atoms with Crippen LogP contribution in [0.3, 0.4) is 0 Å². The van der Waals surface area contributed by atoms with E-state index < -0.39 is 5.97 Å². The van der Waals surface area contributed by atoms with Gasteiger partial charge in [0.2, 0.25) is 0 Å². The van der Waals surface area contributed by atoms with Gasteiger partial charge in [-0.2, -0.15) is 0 Å². The number of rotatable bonds is 6. The standard InChI is InChI=1S/C29H27Cl2NO3/c1-18-2-4-19(5-3-18)9-15-26(33)35-23-11-7-20(8-12-23)16-21-6-10-22(17-21)28(32)24-13-14-25(30)27(31)29(24)34/h2-5,7-9,11-16,22,28,34H,6,10,17,32H2,1H3/b15-9+,21-16-. The van der Waals surface area contributed by atoms with E-state index in [0.29, 0.717) is 16.3 Å². The van der Waals surface area contributed by atoms with E-state index in [1.807, 2.05) is 43.3 Å². The molecule has 1 saturated carbocycles. The Labute approximate surface area is 215 Å². The number of carbonyl (C=O) groups excluding carboxylic acids is 1. The van der Waals surface area contributed by atoms with Crippen LogP contribution in [0.25, 0.3) is 12.2 Å². The van der Waals surface area contributed by atoms with Crippen molar-refractivity contribution >= 4 is 41.3 Å². The number of esters is 1. The van der Waals surface area contributed by atoms with Crippen molar-refractivity contribution in [2.45, 2.75) is 32.2 Å². The molecule has 2 atom stereocenters. The highest BCUT2D eigenvalue weighted by atomic mass is 35.5. The first-order valence-corrected chi connectivity index (χ1v) is 12.2. The molecule has 0 heterocycles. The molecule has 3 aromatic rings. The molecule has 1 aliphatic rings. The summed E-state index contributed by atoms with van der Waals surface area (Å²) in [6.07, 6.45) is 8.00. The van der Waals surface area contributed by atoms with Gasteiger partial charge in [-0.05, 0) is 67.5 Å². The predicted octanol–water partition coefficient (Wildman–Crippen LogP) is 7.51. The van der Waals surface area contributed by atoms with Crippen molar-refractivity contribution in [2.75, 3.05) is 0 Å². The van der Waals surface area contributed by atoms with Crippen molar-refractivity contribution in [3.63, 3.8) is 0 Å². The molecule has 35 heavy (non-hydrogen) atoms. The van der Waals surface area contributed by atoms with E-state index in [4.69, 9.17) is 33.7 Å². The number of phenolic OH excluding ortho intramolecular Hbond substituents is 1. The Kier molecular flexibility index (Phi) is 7.97. The van der Waals surface area contributed by atoms with Crippen LogP contribution in [0.15, 0.2) is 72.3 Å². The lowest BCUT2D eigenvalue weighted by Crippen LogP contribution is -2.19. The Bertz CT molecular complexity index is 1260. The molecule has 1 fully saturated rings. The summed E-state index contributed by atoms with van der Waals surface area (Å²) in [5.74, 6) is 0.231. The molecule has 2 unspecified atom stereocenters. The van der Waals surface area contributed by atoms with Gasteiger partial charge >= 0.3 is 5.97 Å². The summed E-state index contributed by atoms with van der Waals surface area (Å²) in [5, 5.41) is 10.8. The maximum atomic E-state index is 12.1. The van der Waals surface area contributed by atoms with E-state index >= 15 is 0 Å². The van der Waals surface area contributed by atoms with Gasteiger partial charge in [0.05, 0.1) is 5.02 Å². The summed E-state index contributed by atoms with van der Waals surface area (Å²) in [5.41, 5.74) is 11.5. The van der Waals surface area contributed by atoms with Crippen LogP contribution < -0.4 is 10.5 Å². The number of hydrogen-bond acceptors (Lipinski definition) is 4. The number of aromatic hydroxyl groups is 1. The molecular weight excluding hydrogens is 481 g/mol. The van der Waals surface area contributed by atoms with Crippen LogP contribution in [0.5, 0.6) is 11.5 Å². The second kappa shape index (κ2) is 11.1. The summed E-state index contributed by atoms with van der Waals surface area (Å²) in [6, 6.07) is 18.4. The summed E-state index contributed by atoms with van der Waals surface area (Å²) in [4.78, 5) is 12.1. The van der Waals surface area contributed by atoms with Gasteiger partial charge in [0.15, 0.2) is 0 Å². The molecule has 0 saturated heterocycles. The van der Waals surface area contributed by atoms with E-state index in [0.717, 1.165) is 30.4 Å². The van der Waals surface area contributed by atoms with Crippen molar-refractivity contribution in [3.05, 3.63) is 105 Å². The Balaban J connectivity index is 1.34. The number of aryl methyl sites for hydroxylation is 1. The fourth-order valence-corrected chi connectivity index (χ4v) is 4.61. The van der Waals surface area contributed by atoms with Crippen molar-refractivity contribution in [1.29, 1.82) is 0 Å². The van der Waals surface area contributed by atoms with Crippen molar-refractivity contribution < 1.29 is 14.6 Å². The zero-order chi connectivity index (χ0) is 24.9. The molecule has 1 aliphatic carbocycles. The summed E-state index contributed by atoms with van der Waals surface area (Å²) in [7, 11) is 0. The molecule has 0 spiro atoms. The van der Waals surface area contributed by atoms with Gasteiger partial charge < -0.3 is 15.6 Å². The van der Waals surface area contributed by atoms with Crippen LogP contribution in [0.2, 0.25) is 10.0 Å². The minimum atomic E-state index is -0.421. The molecule has 6 heteroatoms. The van der Waals surface area contributed by atoms with Crippen molar-refractivity contribution in [1.82, 2.24) is 0 Å². The van der Waals surface area contributed by atoms with Gasteiger partial charge in [-0.25, -0.2) is 4.79 Å². The average molecular weight is 508 g/mol. The van der Waals surface area contributed by atoms with Crippen LogP contribution in [-0.2, 0) is 4.79 Å². The molecule has 0 aromatic heterocycles. The van der Waals surface area contributed by atoms with Gasteiger partial charge in [-0.1, -0.05) is 82.9 Å². The predicted molar refractivity (Wildman–Crippen MR) is 143 cm³/mol. The lowest BCUT2D eigenvalue weighted by atomic mass is 9.91. The Morgan fingerprint density at radius 2 is 1.74 bits per heavy atom. The highest BCUT2D eigenvalue weighted by Crippen LogP contribution is 2.43. The maximum Gasteiger partial charge on any atom is 0.336 e. The summed E-state index contributed by atoms with van der Waals surface area (Å²) in [6.45, 7) is 2.02. The molecule has 180 valence electrons. The van der Waals surface area contributed by atoms with Crippen molar-refractivity contribution in [2.24, 2.45) is 11.7 Å². The Morgan fingerprint density at radius 1 is 1.06 bits per heavy atom. The van der Waals surface area contributed by atoms with Crippen LogP contribution in [0, 0.1) is 12.8 Å². The van der Waals surface area contributed by atoms with Gasteiger partial charge in [0, 0.05) is 17.7 Å². The number of benzene rings is 3. The first-order chi connectivity index (χ1) is 16.8. The number of nitrogens with two attached hydrogens (primary N) is 1. The molecule has 0 radical (unpaired) electrons. The van der Waals surface area contributed by atoms with E-state index in [1.165, 1.54) is 17.2 Å². The van der Waals surface area contributed by atoms with Crippen molar-refractivity contribution in [3.8, 4) is 11.5 Å². The van der Waals surface area contributed by atoms with Crippen LogP contribution in [0.1, 0.15) is 47.6 Å². The molecular formula is C29H27Cl2NO3. The van der Waals surface area contributed by atoms with Gasteiger partial charge in [-0.15, -0.1) is 0 Å². The van der Waals surface area contributed by atoms with Gasteiger partial charge in [0.25, 0.3) is 0 Å². The second-order valence-electron chi connectivity index (χ2n) is 8.86. The normalized spacial score (nSPS) is 17.7. The minimum absolute atomic E-state index is 0.0389. The lowest BCUT2D eigenvalue weighted by Gasteiger charge is -2.20. The molecule has 4 nitrogen and oxygen atoms in total. The third-order valence-electron chi connectivity index (χ3n) is 6.29. The summed E-state index contributed by atoms with van der Waals surface area (Å²) >= 11 is 12.1. The molecule has 0 bridgehead atoms. The monoisotopic (exact) mass is 507 g/mol. The average Bonchev–Trinajstić information content (AvgIpc) is 3.32. The van der Waals surface area contributed by atoms with E-state index in [-0.39, 0.29) is 22.7 Å². The zero-order valence-corrected chi connectivity index (χ0v) is 20.9. The third-order valence-corrected chi connectivity index (χ3v) is 7.08. The number of allylic oxidation sites excluding steroid dienone is 1. The minimum Gasteiger partial charge on any atom is -0.506 e. The fourth-order valence-electron chi connectivity index (χ4n) is 4.29. The summed E-state index contributed by atoms with van der Waals surface area (Å²) < 4.78 is 5.40. The first-order valence-electron chi connectivity index (χ1n) is 11.5. The first kappa shape index (κ1) is 25.1. The SMILES string of the molecule is Cc1ccc(/C=C/C(=O)Oc2ccc(/C=C3/CCC(C(N)c4ccc(Cl)c(Cl)c4O)C3)cc2)cc1. The van der Waals surface area contributed by atoms with E-state index in [1.54, 1.807) is 30.3 Å². The molecule has 4 rings (SSSR count). The molecule has 3 aromatic carbocycles. The van der Waals surface area contributed by atoms with Gasteiger partial charge in [-0.3, -0.25) is 0 Å². The van der Waals surface area contributed by atoms with Crippen LogP contribution in [0.4, 0.5) is 0 Å². The molecule has 0 amide bonds. The third kappa shape index (κ3) is 6.34. The quantitative estimate of drug-likeness (QED) is 0.205. The highest BCUT2D eigenvalue weighted by molar-refractivity contribution is 6.43. The number of hydrogen-bond donors (Lipinski definition) is 2. The fraction of sp³-hybridized carbons (Fsp3) is 0.207. The Hall–Kier alpha value is -3.05. The number of ether oxygens (including phenoxy) is 1. The lowest BCUT2D eigenvalue weighted by molar-refractivity contribution is -0.128. The van der Waals surface area contributed by atoms with Crippen LogP contribution in [-0.4, -0.2) is 11.1 Å². The van der Waals surface area contributed by atoms with E-state index in [9.17, 15) is 9.90 Å². The molecule has 0 aliphatic heterocycles. The van der Waals surface area contributed by atoms with E-state index in [2.05, 4.69) is 6.08 Å². The number of halogens is 2. The second-order valence-corrected chi connectivity index (χ2v) is 9.65. The Morgan fingerprint density at radius 3 is 2.46 bits per heavy atom. The number of phenols is 1. The topological polar surface area (TPSA) is 72.5 Å². The van der Waals surface area contributed by atoms with Crippen LogP contribution >= 0.6 is 23.2 Å². The zero-order valence-electron chi connectivity index (χ0n) is 19.4. The smallest absolute Gasteiger partial charge is 0.336 e. The van der Waals surface area contributed by atoms with Gasteiger partial charge in [0.1, 0.15) is 16.5 Å². The molecule has 3 N–H and O–H groups in total. The highest BCUT2D eigenvalue weighted by Gasteiger charge is 2.28. The maximum absolute atomic E-state index is 12.1. The number of carbonyl (C=O) groups is 1.